The second-order valence-electron chi connectivity index (χ2n) is 4.72. The highest BCUT2D eigenvalue weighted by molar-refractivity contribution is 6.42. The molecule has 0 saturated carbocycles. The number of hydrogen-bond acceptors (Lipinski definition) is 2. The maximum atomic E-state index is 12.5. The van der Waals surface area contributed by atoms with Crippen LogP contribution in [0, 0.1) is 0 Å². The third-order valence-corrected chi connectivity index (χ3v) is 4.22. The van der Waals surface area contributed by atoms with Gasteiger partial charge in [-0.3, -0.25) is 4.79 Å². The van der Waals surface area contributed by atoms with Crippen LogP contribution in [0.4, 0.5) is 0 Å². The zero-order valence-electron chi connectivity index (χ0n) is 11.0. The SMILES string of the molecule is CCN(C(=O)c1ccc(Cl)c(Cl)c1)C1CCCNC1. The summed E-state index contributed by atoms with van der Waals surface area (Å²) in [6, 6.07) is 5.31. The van der Waals surface area contributed by atoms with E-state index >= 15 is 0 Å². The topological polar surface area (TPSA) is 32.3 Å². The number of benzene rings is 1. The molecule has 0 aliphatic carbocycles. The molecule has 1 aliphatic heterocycles. The minimum atomic E-state index is 0.0229. The van der Waals surface area contributed by atoms with Gasteiger partial charge >= 0.3 is 0 Å². The molecular formula is C14H18Cl2N2O. The Kier molecular flexibility index (Phi) is 5.08. The van der Waals surface area contributed by atoms with E-state index < -0.39 is 0 Å². The number of piperidine rings is 1. The number of nitrogens with zero attached hydrogens (tertiary/aromatic N) is 1. The summed E-state index contributed by atoms with van der Waals surface area (Å²) in [4.78, 5) is 14.4. The number of carbonyl (C=O) groups is 1. The summed E-state index contributed by atoms with van der Waals surface area (Å²) in [5.74, 6) is 0.0229. The van der Waals surface area contributed by atoms with Gasteiger partial charge in [0.05, 0.1) is 10.0 Å². The second-order valence-corrected chi connectivity index (χ2v) is 5.53. The molecule has 1 aromatic carbocycles. The number of amides is 1. The van der Waals surface area contributed by atoms with Gasteiger partial charge in [-0.25, -0.2) is 0 Å². The molecule has 1 amide bonds. The van der Waals surface area contributed by atoms with E-state index in [0.717, 1.165) is 25.9 Å². The Labute approximate surface area is 123 Å². The van der Waals surface area contributed by atoms with E-state index in [1.165, 1.54) is 0 Å². The van der Waals surface area contributed by atoms with Crippen LogP contribution in [0.3, 0.4) is 0 Å². The van der Waals surface area contributed by atoms with Crippen molar-refractivity contribution < 1.29 is 4.79 Å². The predicted octanol–water partition coefficient (Wildman–Crippen LogP) is 3.21. The fraction of sp³-hybridized carbons (Fsp3) is 0.500. The minimum Gasteiger partial charge on any atom is -0.335 e. The molecule has 1 heterocycles. The molecule has 1 N–H and O–H groups in total. The van der Waals surface area contributed by atoms with Crippen molar-refractivity contribution in [2.24, 2.45) is 0 Å². The molecule has 5 heteroatoms. The molecule has 0 aromatic heterocycles. The van der Waals surface area contributed by atoms with Crippen molar-refractivity contribution in [3.8, 4) is 0 Å². The van der Waals surface area contributed by atoms with Crippen LogP contribution in [0.2, 0.25) is 10.0 Å². The summed E-state index contributed by atoms with van der Waals surface area (Å²) >= 11 is 11.9. The Bertz CT molecular complexity index is 459. The second kappa shape index (κ2) is 6.60. The monoisotopic (exact) mass is 300 g/mol. The van der Waals surface area contributed by atoms with Crippen molar-refractivity contribution in [3.05, 3.63) is 33.8 Å². The molecule has 0 bridgehead atoms. The van der Waals surface area contributed by atoms with Gasteiger partial charge in [0, 0.05) is 24.7 Å². The minimum absolute atomic E-state index is 0.0229. The Hall–Kier alpha value is -0.770. The number of nitrogens with one attached hydrogen (secondary N) is 1. The smallest absolute Gasteiger partial charge is 0.254 e. The van der Waals surface area contributed by atoms with Crippen LogP contribution in [0.15, 0.2) is 18.2 Å². The molecule has 1 unspecified atom stereocenters. The number of likely N-dealkylation sites (N-methyl/N-ethyl adjacent to an activating group) is 1. The molecule has 1 aromatic rings. The van der Waals surface area contributed by atoms with E-state index in [1.807, 2.05) is 11.8 Å². The lowest BCUT2D eigenvalue weighted by molar-refractivity contribution is 0.0662. The van der Waals surface area contributed by atoms with Gasteiger partial charge in [-0.05, 0) is 44.5 Å². The first-order valence-corrected chi connectivity index (χ1v) is 7.35. The Balaban J connectivity index is 2.17. The number of rotatable bonds is 3. The average Bonchev–Trinajstić information content (AvgIpc) is 2.44. The van der Waals surface area contributed by atoms with Gasteiger partial charge in [0.1, 0.15) is 0 Å². The lowest BCUT2D eigenvalue weighted by atomic mass is 10.0. The lowest BCUT2D eigenvalue weighted by Gasteiger charge is -2.34. The summed E-state index contributed by atoms with van der Waals surface area (Å²) in [5.41, 5.74) is 0.599. The molecular weight excluding hydrogens is 283 g/mol. The molecule has 104 valence electrons. The average molecular weight is 301 g/mol. The van der Waals surface area contributed by atoms with Crippen molar-refractivity contribution in [1.29, 1.82) is 0 Å². The summed E-state index contributed by atoms with van der Waals surface area (Å²) in [5, 5.41) is 4.23. The van der Waals surface area contributed by atoms with Crippen LogP contribution >= 0.6 is 23.2 Å². The largest absolute Gasteiger partial charge is 0.335 e. The van der Waals surface area contributed by atoms with Gasteiger partial charge in [0.25, 0.3) is 5.91 Å². The highest BCUT2D eigenvalue weighted by atomic mass is 35.5. The predicted molar refractivity (Wildman–Crippen MR) is 79.1 cm³/mol. The van der Waals surface area contributed by atoms with E-state index in [2.05, 4.69) is 5.32 Å². The molecule has 1 aliphatic rings. The van der Waals surface area contributed by atoms with Gasteiger partial charge < -0.3 is 10.2 Å². The molecule has 2 rings (SSSR count). The van der Waals surface area contributed by atoms with Crippen LogP contribution in [0.25, 0.3) is 0 Å². The summed E-state index contributed by atoms with van der Waals surface area (Å²) < 4.78 is 0. The van der Waals surface area contributed by atoms with Crippen LogP contribution in [0.5, 0.6) is 0 Å². The van der Waals surface area contributed by atoms with Crippen LogP contribution < -0.4 is 5.32 Å². The number of halogens is 2. The Morgan fingerprint density at radius 3 is 2.79 bits per heavy atom. The first kappa shape index (κ1) is 14.6. The molecule has 3 nitrogen and oxygen atoms in total. The standard InChI is InChI=1S/C14H18Cl2N2O/c1-2-18(11-4-3-7-17-9-11)14(19)10-5-6-12(15)13(16)8-10/h5-6,8,11,17H,2-4,7,9H2,1H3. The van der Waals surface area contributed by atoms with Crippen molar-refractivity contribution >= 4 is 29.1 Å². The van der Waals surface area contributed by atoms with Crippen LogP contribution in [0.1, 0.15) is 30.1 Å². The highest BCUT2D eigenvalue weighted by Crippen LogP contribution is 2.24. The number of carbonyl (C=O) groups excluding carboxylic acids is 1. The quantitative estimate of drug-likeness (QED) is 0.930. The molecule has 1 saturated heterocycles. The molecule has 1 fully saturated rings. The van der Waals surface area contributed by atoms with E-state index in [4.69, 9.17) is 23.2 Å². The van der Waals surface area contributed by atoms with Gasteiger partial charge in [0.15, 0.2) is 0 Å². The summed E-state index contributed by atoms with van der Waals surface area (Å²) in [6.45, 7) is 4.60. The zero-order valence-corrected chi connectivity index (χ0v) is 12.5. The van der Waals surface area contributed by atoms with Crippen molar-refractivity contribution in [1.82, 2.24) is 10.2 Å². The van der Waals surface area contributed by atoms with E-state index in [1.54, 1.807) is 18.2 Å². The van der Waals surface area contributed by atoms with E-state index in [-0.39, 0.29) is 11.9 Å². The molecule has 0 spiro atoms. The first-order chi connectivity index (χ1) is 9.13. The lowest BCUT2D eigenvalue weighted by Crippen LogP contribution is -2.48. The third kappa shape index (κ3) is 3.41. The van der Waals surface area contributed by atoms with Crippen molar-refractivity contribution in [2.75, 3.05) is 19.6 Å². The summed E-state index contributed by atoms with van der Waals surface area (Å²) in [6.07, 6.45) is 2.16. The van der Waals surface area contributed by atoms with Crippen molar-refractivity contribution in [2.45, 2.75) is 25.8 Å². The van der Waals surface area contributed by atoms with Crippen LogP contribution in [-0.4, -0.2) is 36.5 Å². The molecule has 1 atom stereocenters. The van der Waals surface area contributed by atoms with E-state index in [0.29, 0.717) is 22.2 Å². The molecule has 19 heavy (non-hydrogen) atoms. The fourth-order valence-corrected chi connectivity index (χ4v) is 2.76. The first-order valence-electron chi connectivity index (χ1n) is 6.60. The highest BCUT2D eigenvalue weighted by Gasteiger charge is 2.25. The molecule has 0 radical (unpaired) electrons. The maximum Gasteiger partial charge on any atom is 0.254 e. The zero-order chi connectivity index (χ0) is 13.8. The van der Waals surface area contributed by atoms with Crippen molar-refractivity contribution in [3.63, 3.8) is 0 Å². The van der Waals surface area contributed by atoms with E-state index in [9.17, 15) is 4.79 Å². The third-order valence-electron chi connectivity index (χ3n) is 3.48. The number of hydrogen-bond donors (Lipinski definition) is 1. The Morgan fingerprint density at radius 1 is 1.42 bits per heavy atom. The van der Waals surface area contributed by atoms with Gasteiger partial charge in [-0.2, -0.15) is 0 Å². The van der Waals surface area contributed by atoms with Crippen LogP contribution in [-0.2, 0) is 0 Å². The maximum absolute atomic E-state index is 12.5. The van der Waals surface area contributed by atoms with Gasteiger partial charge in [-0.15, -0.1) is 0 Å². The Morgan fingerprint density at radius 2 is 2.21 bits per heavy atom. The normalized spacial score (nSPS) is 19.2. The van der Waals surface area contributed by atoms with Gasteiger partial charge in [0.2, 0.25) is 0 Å². The summed E-state index contributed by atoms with van der Waals surface area (Å²) in [7, 11) is 0. The fourth-order valence-electron chi connectivity index (χ4n) is 2.46. The van der Waals surface area contributed by atoms with Gasteiger partial charge in [-0.1, -0.05) is 23.2 Å².